The van der Waals surface area contributed by atoms with Crippen LogP contribution in [0.15, 0.2) is 46.7 Å². The first-order chi connectivity index (χ1) is 13.2. The Morgan fingerprint density at radius 3 is 2.81 bits per heavy atom. The molecule has 1 aromatic heterocycles. The van der Waals surface area contributed by atoms with Crippen molar-refractivity contribution < 1.29 is 14.3 Å². The van der Waals surface area contributed by atoms with Gasteiger partial charge in [-0.25, -0.2) is 4.79 Å². The highest BCUT2D eigenvalue weighted by atomic mass is 32.2. The van der Waals surface area contributed by atoms with Crippen LogP contribution in [0.5, 0.6) is 0 Å². The van der Waals surface area contributed by atoms with E-state index >= 15 is 0 Å². The van der Waals surface area contributed by atoms with Crippen molar-refractivity contribution in [2.45, 2.75) is 30.6 Å². The highest BCUT2D eigenvalue weighted by Gasteiger charge is 2.21. The molecule has 0 radical (unpaired) electrons. The smallest absolute Gasteiger partial charge is 0.331 e. The molecule has 0 atom stereocenters. The molecule has 1 heterocycles. The number of fused-ring (bicyclic) bond motifs is 1. The maximum atomic E-state index is 12.1. The van der Waals surface area contributed by atoms with Crippen LogP contribution >= 0.6 is 23.1 Å². The quantitative estimate of drug-likeness (QED) is 0.446. The Hall–Kier alpha value is -2.56. The van der Waals surface area contributed by atoms with Crippen molar-refractivity contribution in [3.8, 4) is 6.07 Å². The molecular weight excluding hydrogens is 380 g/mol. The number of rotatable bonds is 6. The van der Waals surface area contributed by atoms with E-state index in [1.165, 1.54) is 34.1 Å². The van der Waals surface area contributed by atoms with Gasteiger partial charge in [0.15, 0.2) is 6.61 Å². The molecule has 1 aliphatic rings. The first-order valence-corrected chi connectivity index (χ1v) is 10.3. The summed E-state index contributed by atoms with van der Waals surface area (Å²) in [5, 5.41) is 14.3. The number of hydrogen-bond donors (Lipinski definition) is 1. The molecule has 0 aliphatic heterocycles. The third kappa shape index (κ3) is 5.22. The Morgan fingerprint density at radius 1 is 1.26 bits per heavy atom. The molecule has 0 saturated carbocycles. The molecule has 0 saturated heterocycles. The summed E-state index contributed by atoms with van der Waals surface area (Å²) in [6, 6.07) is 11.8. The minimum Gasteiger partial charge on any atom is -0.452 e. The normalized spacial score (nSPS) is 13.0. The van der Waals surface area contributed by atoms with Crippen molar-refractivity contribution in [1.29, 1.82) is 5.26 Å². The average Bonchev–Trinajstić information content (AvgIpc) is 3.04. The summed E-state index contributed by atoms with van der Waals surface area (Å²) in [5.41, 5.74) is 1.61. The van der Waals surface area contributed by atoms with Crippen molar-refractivity contribution >= 4 is 40.0 Å². The molecule has 0 spiro atoms. The second-order valence-electron chi connectivity index (χ2n) is 5.92. The van der Waals surface area contributed by atoms with Gasteiger partial charge in [-0.3, -0.25) is 4.79 Å². The number of carbonyl (C=O) groups excluding carboxylic acids is 2. The third-order valence-electron chi connectivity index (χ3n) is 4.03. The van der Waals surface area contributed by atoms with Gasteiger partial charge in [-0.15, -0.1) is 11.3 Å². The van der Waals surface area contributed by atoms with Crippen molar-refractivity contribution in [2.24, 2.45) is 0 Å². The number of anilines is 1. The minimum atomic E-state index is -0.584. The lowest BCUT2D eigenvalue weighted by molar-refractivity contribution is -0.142. The van der Waals surface area contributed by atoms with E-state index in [0.29, 0.717) is 10.6 Å². The first-order valence-electron chi connectivity index (χ1n) is 8.57. The molecule has 1 aliphatic carbocycles. The molecule has 0 bridgehead atoms. The van der Waals surface area contributed by atoms with Gasteiger partial charge in [-0.1, -0.05) is 30.0 Å². The van der Waals surface area contributed by atoms with E-state index in [1.807, 2.05) is 30.3 Å². The molecule has 1 N–H and O–H groups in total. The number of benzene rings is 1. The van der Waals surface area contributed by atoms with E-state index in [4.69, 9.17) is 4.74 Å². The molecule has 27 heavy (non-hydrogen) atoms. The maximum absolute atomic E-state index is 12.1. The summed E-state index contributed by atoms with van der Waals surface area (Å²) < 4.78 is 4.96. The number of esters is 1. The monoisotopic (exact) mass is 398 g/mol. The summed E-state index contributed by atoms with van der Waals surface area (Å²) in [5.74, 6) is -1.03. The first kappa shape index (κ1) is 19.2. The van der Waals surface area contributed by atoms with Gasteiger partial charge in [0, 0.05) is 15.8 Å². The topological polar surface area (TPSA) is 79.2 Å². The summed E-state index contributed by atoms with van der Waals surface area (Å²) in [4.78, 5) is 26.0. The van der Waals surface area contributed by atoms with E-state index in [2.05, 4.69) is 11.4 Å². The van der Waals surface area contributed by atoms with Crippen LogP contribution in [-0.2, 0) is 27.2 Å². The van der Waals surface area contributed by atoms with Crippen LogP contribution in [0.2, 0.25) is 0 Å². The molecule has 3 rings (SSSR count). The van der Waals surface area contributed by atoms with Crippen molar-refractivity contribution in [3.05, 3.63) is 57.8 Å². The number of hydrogen-bond acceptors (Lipinski definition) is 6. The number of carbonyl (C=O) groups is 2. The maximum Gasteiger partial charge on any atom is 0.331 e. The van der Waals surface area contributed by atoms with E-state index < -0.39 is 11.9 Å². The van der Waals surface area contributed by atoms with Crippen molar-refractivity contribution in [1.82, 2.24) is 0 Å². The summed E-state index contributed by atoms with van der Waals surface area (Å²) in [6.45, 7) is -0.382. The second-order valence-corrected chi connectivity index (χ2v) is 8.00. The molecule has 1 amide bonds. The van der Waals surface area contributed by atoms with E-state index in [-0.39, 0.29) is 6.61 Å². The van der Waals surface area contributed by atoms with Crippen LogP contribution in [0.4, 0.5) is 5.00 Å². The van der Waals surface area contributed by atoms with Gasteiger partial charge in [0.2, 0.25) is 0 Å². The summed E-state index contributed by atoms with van der Waals surface area (Å²) in [6.07, 6.45) is 5.29. The van der Waals surface area contributed by atoms with Gasteiger partial charge >= 0.3 is 5.97 Å². The van der Waals surface area contributed by atoms with Gasteiger partial charge in [-0.2, -0.15) is 5.26 Å². The highest BCUT2D eigenvalue weighted by Crippen LogP contribution is 2.37. The lowest BCUT2D eigenvalue weighted by Gasteiger charge is -2.09. The van der Waals surface area contributed by atoms with Gasteiger partial charge in [0.25, 0.3) is 5.91 Å². The Balaban J connectivity index is 1.49. The van der Waals surface area contributed by atoms with Crippen LogP contribution in [0.25, 0.3) is 0 Å². The van der Waals surface area contributed by atoms with E-state index in [9.17, 15) is 14.9 Å². The molecule has 2 aromatic rings. The molecule has 0 fully saturated rings. The number of thioether (sulfide) groups is 1. The number of nitriles is 1. The Kier molecular flexibility index (Phi) is 6.69. The number of thiophene rings is 1. The van der Waals surface area contributed by atoms with E-state index in [1.54, 1.807) is 5.41 Å². The number of nitrogens with zero attached hydrogens (tertiary/aromatic N) is 1. The van der Waals surface area contributed by atoms with Crippen LogP contribution in [0.1, 0.15) is 28.8 Å². The molecule has 1 aromatic carbocycles. The average molecular weight is 399 g/mol. The second kappa shape index (κ2) is 9.40. The van der Waals surface area contributed by atoms with Crippen LogP contribution in [0, 0.1) is 11.3 Å². The molecule has 5 nitrogen and oxygen atoms in total. The standard InChI is InChI=1S/C20H18N2O3S2/c21-12-16-15-8-4-5-9-17(15)27-20(16)22-18(23)13-25-19(24)10-11-26-14-6-2-1-3-7-14/h1-3,6-7,10-11H,4-5,8-9,13H2,(H,22,23)/b11-10+. The van der Waals surface area contributed by atoms with Crippen molar-refractivity contribution in [2.75, 3.05) is 11.9 Å². The summed E-state index contributed by atoms with van der Waals surface area (Å²) in [7, 11) is 0. The van der Waals surface area contributed by atoms with Gasteiger partial charge in [-0.05, 0) is 48.8 Å². The SMILES string of the molecule is N#Cc1c(NC(=O)COC(=O)/C=C/Sc2ccccc2)sc2c1CCCC2. The van der Waals surface area contributed by atoms with Crippen LogP contribution < -0.4 is 5.32 Å². The van der Waals surface area contributed by atoms with Gasteiger partial charge in [0.1, 0.15) is 11.1 Å². The largest absolute Gasteiger partial charge is 0.452 e. The predicted molar refractivity (Wildman–Crippen MR) is 107 cm³/mol. The Morgan fingerprint density at radius 2 is 2.04 bits per heavy atom. The fourth-order valence-electron chi connectivity index (χ4n) is 2.79. The van der Waals surface area contributed by atoms with Crippen LogP contribution in [-0.4, -0.2) is 18.5 Å². The highest BCUT2D eigenvalue weighted by molar-refractivity contribution is 8.02. The van der Waals surface area contributed by atoms with Gasteiger partial charge < -0.3 is 10.1 Å². The zero-order valence-corrected chi connectivity index (χ0v) is 16.2. The molecule has 7 heteroatoms. The lowest BCUT2D eigenvalue weighted by atomic mass is 9.96. The van der Waals surface area contributed by atoms with E-state index in [0.717, 1.165) is 36.1 Å². The molecule has 0 unspecified atom stereocenters. The number of nitrogens with one attached hydrogen (secondary N) is 1. The van der Waals surface area contributed by atoms with Gasteiger partial charge in [0.05, 0.1) is 5.56 Å². The van der Waals surface area contributed by atoms with Crippen molar-refractivity contribution in [3.63, 3.8) is 0 Å². The molecule has 138 valence electrons. The lowest BCUT2D eigenvalue weighted by Crippen LogP contribution is -2.20. The number of amides is 1. The minimum absolute atomic E-state index is 0.382. The zero-order chi connectivity index (χ0) is 19.1. The Bertz CT molecular complexity index is 898. The zero-order valence-electron chi connectivity index (χ0n) is 14.6. The fourth-order valence-corrected chi connectivity index (χ4v) is 4.69. The Labute approximate surface area is 166 Å². The third-order valence-corrected chi connectivity index (χ3v) is 6.06. The number of ether oxygens (including phenoxy) is 1. The fraction of sp³-hybridized carbons (Fsp3) is 0.250. The molecular formula is C20H18N2O3S2. The predicted octanol–water partition coefficient (Wildman–Crippen LogP) is 4.29. The van der Waals surface area contributed by atoms with Crippen LogP contribution in [0.3, 0.4) is 0 Å². The number of aryl methyl sites for hydroxylation is 1. The summed E-state index contributed by atoms with van der Waals surface area (Å²) >= 11 is 2.84.